The highest BCUT2D eigenvalue weighted by Crippen LogP contribution is 2.32. The van der Waals surface area contributed by atoms with Crippen molar-refractivity contribution in [2.75, 3.05) is 6.54 Å². The molecule has 1 fully saturated rings. The van der Waals surface area contributed by atoms with Gasteiger partial charge in [0.2, 0.25) is 0 Å². The minimum atomic E-state index is 0.428. The molecule has 60 valence electrons. The van der Waals surface area contributed by atoms with E-state index in [2.05, 4.69) is 37.2 Å². The van der Waals surface area contributed by atoms with Gasteiger partial charge in [0.15, 0.2) is 4.67 Å². The van der Waals surface area contributed by atoms with Crippen LogP contribution in [0.3, 0.4) is 0 Å². The molecule has 11 heavy (non-hydrogen) atoms. The highest BCUT2D eigenvalue weighted by molar-refractivity contribution is 9.13. The lowest BCUT2D eigenvalue weighted by molar-refractivity contribution is 0.314. The van der Waals surface area contributed by atoms with E-state index >= 15 is 0 Å². The number of rotatable bonds is 1. The van der Waals surface area contributed by atoms with Crippen LogP contribution in [0.4, 0.5) is 0 Å². The first kappa shape index (κ1) is 7.83. The molecule has 1 atom stereocenters. The van der Waals surface area contributed by atoms with E-state index in [0.717, 1.165) is 21.4 Å². The van der Waals surface area contributed by atoms with Gasteiger partial charge in [0.05, 0.1) is 10.5 Å². The molecule has 2 rings (SSSR count). The van der Waals surface area contributed by atoms with E-state index in [-0.39, 0.29) is 0 Å². The number of nitrogens with one attached hydrogen (secondary N) is 1. The lowest BCUT2D eigenvalue weighted by atomic mass is 10.1. The molecule has 1 unspecified atom stereocenters. The minimum absolute atomic E-state index is 0.428. The van der Waals surface area contributed by atoms with Crippen molar-refractivity contribution in [1.82, 2.24) is 5.32 Å². The maximum Gasteiger partial charge on any atom is 0.183 e. The second-order valence-corrected chi connectivity index (χ2v) is 4.14. The molecule has 4 heteroatoms. The Bertz CT molecular complexity index is 248. The van der Waals surface area contributed by atoms with E-state index in [1.165, 1.54) is 6.42 Å². The molecule has 0 aromatic carbocycles. The van der Waals surface area contributed by atoms with Gasteiger partial charge in [-0.1, -0.05) is 0 Å². The van der Waals surface area contributed by atoms with Crippen molar-refractivity contribution >= 4 is 31.9 Å². The molecule has 1 N–H and O–H groups in total. The van der Waals surface area contributed by atoms with Crippen molar-refractivity contribution in [3.63, 3.8) is 0 Å². The van der Waals surface area contributed by atoms with Gasteiger partial charge >= 0.3 is 0 Å². The lowest BCUT2D eigenvalue weighted by Crippen LogP contribution is -2.34. The molecule has 1 aliphatic rings. The number of hydrogen-bond donors (Lipinski definition) is 1. The summed E-state index contributed by atoms with van der Waals surface area (Å²) >= 11 is 6.67. The normalized spacial score (nSPS) is 23.3. The summed E-state index contributed by atoms with van der Waals surface area (Å²) in [6.45, 7) is 1.10. The van der Waals surface area contributed by atoms with Gasteiger partial charge < -0.3 is 9.73 Å². The Morgan fingerprint density at radius 2 is 2.27 bits per heavy atom. The summed E-state index contributed by atoms with van der Waals surface area (Å²) < 4.78 is 7.19. The average molecular weight is 281 g/mol. The third kappa shape index (κ3) is 1.39. The summed E-state index contributed by atoms with van der Waals surface area (Å²) in [7, 11) is 0. The monoisotopic (exact) mass is 279 g/mol. The van der Waals surface area contributed by atoms with E-state index in [1.54, 1.807) is 0 Å². The Morgan fingerprint density at radius 3 is 2.64 bits per heavy atom. The molecule has 1 saturated heterocycles. The first-order valence-corrected chi connectivity index (χ1v) is 5.04. The van der Waals surface area contributed by atoms with Crippen LogP contribution in [0.1, 0.15) is 18.2 Å². The van der Waals surface area contributed by atoms with E-state index in [9.17, 15) is 0 Å². The Balaban J connectivity index is 2.24. The van der Waals surface area contributed by atoms with Crippen molar-refractivity contribution in [2.24, 2.45) is 0 Å². The van der Waals surface area contributed by atoms with Crippen LogP contribution in [0, 0.1) is 0 Å². The standard InChI is InChI=1S/C7H7Br2NO/c8-4-3-6(11-7(4)9)5-1-2-10-5/h3,5,10H,1-2H2. The largest absolute Gasteiger partial charge is 0.451 e. The molecule has 2 heterocycles. The number of hydrogen-bond acceptors (Lipinski definition) is 2. The van der Waals surface area contributed by atoms with E-state index in [4.69, 9.17) is 4.42 Å². The summed E-state index contributed by atoms with van der Waals surface area (Å²) in [6, 6.07) is 2.43. The van der Waals surface area contributed by atoms with Gasteiger partial charge in [-0.25, -0.2) is 0 Å². The second-order valence-electron chi connectivity index (χ2n) is 2.57. The fourth-order valence-corrected chi connectivity index (χ4v) is 1.67. The van der Waals surface area contributed by atoms with Gasteiger partial charge in [-0.2, -0.15) is 0 Å². The highest BCUT2D eigenvalue weighted by Gasteiger charge is 2.22. The van der Waals surface area contributed by atoms with Gasteiger partial charge in [0.1, 0.15) is 5.76 Å². The molecule has 0 amide bonds. The fraction of sp³-hybridized carbons (Fsp3) is 0.429. The summed E-state index contributed by atoms with van der Waals surface area (Å²) in [6.07, 6.45) is 1.17. The van der Waals surface area contributed by atoms with Crippen LogP contribution in [-0.4, -0.2) is 6.54 Å². The number of furan rings is 1. The van der Waals surface area contributed by atoms with Gasteiger partial charge in [-0.15, -0.1) is 0 Å². The predicted molar refractivity (Wildman–Crippen MR) is 49.5 cm³/mol. The third-order valence-corrected chi connectivity index (χ3v) is 3.54. The first-order chi connectivity index (χ1) is 5.27. The maximum absolute atomic E-state index is 5.43. The topological polar surface area (TPSA) is 25.2 Å². The van der Waals surface area contributed by atoms with Gasteiger partial charge in [-0.05, 0) is 50.9 Å². The SMILES string of the molecule is Brc1cc(C2CCN2)oc1Br. The lowest BCUT2D eigenvalue weighted by Gasteiger charge is -2.25. The average Bonchev–Trinajstić information content (AvgIpc) is 2.08. The molecule has 0 aliphatic carbocycles. The van der Waals surface area contributed by atoms with Crippen molar-refractivity contribution < 1.29 is 4.42 Å². The Hall–Kier alpha value is 0.200. The predicted octanol–water partition coefficient (Wildman–Crippen LogP) is 2.84. The van der Waals surface area contributed by atoms with E-state index < -0.39 is 0 Å². The molecule has 1 aromatic heterocycles. The Morgan fingerprint density at radius 1 is 1.55 bits per heavy atom. The van der Waals surface area contributed by atoms with Gasteiger partial charge in [0, 0.05) is 0 Å². The van der Waals surface area contributed by atoms with Crippen LogP contribution < -0.4 is 5.32 Å². The number of halogens is 2. The van der Waals surface area contributed by atoms with E-state index in [0.29, 0.717) is 6.04 Å². The van der Waals surface area contributed by atoms with Crippen molar-refractivity contribution in [2.45, 2.75) is 12.5 Å². The zero-order valence-corrected chi connectivity index (χ0v) is 8.91. The summed E-state index contributed by atoms with van der Waals surface area (Å²) in [5, 5.41) is 3.27. The molecule has 2 nitrogen and oxygen atoms in total. The molecule has 0 radical (unpaired) electrons. The van der Waals surface area contributed by atoms with Crippen LogP contribution in [0.15, 0.2) is 19.6 Å². The molecular weight excluding hydrogens is 274 g/mol. The second kappa shape index (κ2) is 2.92. The first-order valence-electron chi connectivity index (χ1n) is 3.45. The smallest absolute Gasteiger partial charge is 0.183 e. The van der Waals surface area contributed by atoms with Crippen molar-refractivity contribution in [3.8, 4) is 0 Å². The fourth-order valence-electron chi connectivity index (χ4n) is 1.07. The molecule has 1 aromatic rings. The van der Waals surface area contributed by atoms with E-state index in [1.807, 2.05) is 6.07 Å². The van der Waals surface area contributed by atoms with Crippen LogP contribution in [0.25, 0.3) is 0 Å². The summed E-state index contributed by atoms with van der Waals surface area (Å²) in [4.78, 5) is 0. The summed E-state index contributed by atoms with van der Waals surface area (Å²) in [5.41, 5.74) is 0. The molecule has 1 aliphatic heterocycles. The third-order valence-electron chi connectivity index (χ3n) is 1.83. The minimum Gasteiger partial charge on any atom is -0.451 e. The van der Waals surface area contributed by atoms with Gasteiger partial charge in [0.25, 0.3) is 0 Å². The van der Waals surface area contributed by atoms with Crippen LogP contribution in [0.2, 0.25) is 0 Å². The zero-order valence-electron chi connectivity index (χ0n) is 5.73. The maximum atomic E-state index is 5.43. The van der Waals surface area contributed by atoms with Crippen LogP contribution in [-0.2, 0) is 0 Å². The zero-order chi connectivity index (χ0) is 7.84. The van der Waals surface area contributed by atoms with Crippen molar-refractivity contribution in [3.05, 3.63) is 21.0 Å². The van der Waals surface area contributed by atoms with Crippen molar-refractivity contribution in [1.29, 1.82) is 0 Å². The Labute approximate surface area is 81.6 Å². The van der Waals surface area contributed by atoms with Gasteiger partial charge in [-0.3, -0.25) is 0 Å². The van der Waals surface area contributed by atoms with Crippen LogP contribution in [0.5, 0.6) is 0 Å². The quantitative estimate of drug-likeness (QED) is 0.856. The molecule has 0 saturated carbocycles. The molecule has 0 spiro atoms. The molecule has 0 bridgehead atoms. The Kier molecular flexibility index (Phi) is 2.08. The van der Waals surface area contributed by atoms with Crippen LogP contribution >= 0.6 is 31.9 Å². The highest BCUT2D eigenvalue weighted by atomic mass is 79.9. The summed E-state index contributed by atoms with van der Waals surface area (Å²) in [5.74, 6) is 1.01. The molecular formula is C7H7Br2NO.